The van der Waals surface area contributed by atoms with Gasteiger partial charge in [-0.1, -0.05) is 24.4 Å². The molecule has 1 saturated carbocycles. The van der Waals surface area contributed by atoms with E-state index in [4.69, 9.17) is 16.3 Å². The summed E-state index contributed by atoms with van der Waals surface area (Å²) in [4.78, 5) is 15.9. The van der Waals surface area contributed by atoms with E-state index in [0.29, 0.717) is 23.9 Å². The number of hydrogen-bond acceptors (Lipinski definition) is 3. The minimum absolute atomic E-state index is 0.129. The number of ether oxygens (including phenoxy) is 1. The second-order valence-corrected chi connectivity index (χ2v) is 5.26. The third-order valence-electron chi connectivity index (χ3n) is 3.53. The predicted octanol–water partition coefficient (Wildman–Crippen LogP) is 2.81. The molecule has 4 nitrogen and oxygen atoms in total. The Bertz CT molecular complexity index is 445. The predicted molar refractivity (Wildman–Crippen MR) is 74.4 cm³/mol. The maximum absolute atomic E-state index is 12.0. The molecule has 0 saturated heterocycles. The molecule has 1 aromatic rings. The molecule has 19 heavy (non-hydrogen) atoms. The minimum Gasteiger partial charge on any atom is -0.373 e. The molecule has 0 bridgehead atoms. The normalized spacial score (nSPS) is 17.4. The van der Waals surface area contributed by atoms with Gasteiger partial charge in [0.25, 0.3) is 5.91 Å². The fraction of sp³-hybridized carbons (Fsp3) is 0.571. The van der Waals surface area contributed by atoms with Crippen LogP contribution in [-0.4, -0.2) is 29.6 Å². The van der Waals surface area contributed by atoms with Gasteiger partial charge in [-0.15, -0.1) is 0 Å². The summed E-state index contributed by atoms with van der Waals surface area (Å²) in [5.74, 6) is -0.129. The Hall–Kier alpha value is -1.13. The Labute approximate surface area is 118 Å². The Morgan fingerprint density at radius 3 is 2.89 bits per heavy atom. The number of rotatable bonds is 5. The van der Waals surface area contributed by atoms with Gasteiger partial charge in [-0.05, 0) is 31.9 Å². The van der Waals surface area contributed by atoms with Crippen molar-refractivity contribution in [3.8, 4) is 0 Å². The quantitative estimate of drug-likeness (QED) is 0.845. The Morgan fingerprint density at radius 2 is 2.26 bits per heavy atom. The monoisotopic (exact) mass is 282 g/mol. The van der Waals surface area contributed by atoms with Gasteiger partial charge >= 0.3 is 0 Å². The van der Waals surface area contributed by atoms with Gasteiger partial charge < -0.3 is 10.1 Å². The first-order valence-corrected chi connectivity index (χ1v) is 7.07. The number of nitrogens with zero attached hydrogens (tertiary/aromatic N) is 1. The van der Waals surface area contributed by atoms with Crippen LogP contribution < -0.4 is 5.32 Å². The maximum atomic E-state index is 12.0. The van der Waals surface area contributed by atoms with E-state index in [-0.39, 0.29) is 11.5 Å². The third-order valence-corrected chi connectivity index (χ3v) is 3.73. The molecule has 104 valence electrons. The molecule has 2 rings (SSSR count). The molecule has 1 amide bonds. The lowest BCUT2D eigenvalue weighted by Crippen LogP contribution is -2.43. The molecule has 0 spiro atoms. The highest BCUT2D eigenvalue weighted by molar-refractivity contribution is 6.29. The number of amides is 1. The first kappa shape index (κ1) is 14.3. The van der Waals surface area contributed by atoms with E-state index < -0.39 is 0 Å². The van der Waals surface area contributed by atoms with Crippen molar-refractivity contribution in [3.05, 3.63) is 29.0 Å². The largest absolute Gasteiger partial charge is 0.373 e. The van der Waals surface area contributed by atoms with Gasteiger partial charge in [0.15, 0.2) is 0 Å². The molecule has 1 aliphatic rings. The summed E-state index contributed by atoms with van der Waals surface area (Å²) in [5.41, 5.74) is 0.353. The topological polar surface area (TPSA) is 51.2 Å². The molecule has 0 unspecified atom stereocenters. The van der Waals surface area contributed by atoms with Crippen molar-refractivity contribution in [2.75, 3.05) is 13.2 Å². The summed E-state index contributed by atoms with van der Waals surface area (Å²) in [6.45, 7) is 3.22. The lowest BCUT2D eigenvalue weighted by molar-refractivity contribution is -0.0315. The third kappa shape index (κ3) is 3.67. The van der Waals surface area contributed by atoms with Crippen LogP contribution in [0, 0.1) is 0 Å². The summed E-state index contributed by atoms with van der Waals surface area (Å²) in [6.07, 6.45) is 5.88. The van der Waals surface area contributed by atoms with Crippen molar-refractivity contribution < 1.29 is 9.53 Å². The van der Waals surface area contributed by atoms with E-state index in [1.807, 2.05) is 6.92 Å². The van der Waals surface area contributed by atoms with Crippen LogP contribution in [0.3, 0.4) is 0 Å². The van der Waals surface area contributed by atoms with Gasteiger partial charge in [0.05, 0.1) is 5.60 Å². The molecule has 1 heterocycles. The number of aromatic nitrogens is 1. The molecular formula is C14H19ClN2O2. The first-order valence-electron chi connectivity index (χ1n) is 6.69. The highest BCUT2D eigenvalue weighted by atomic mass is 35.5. The second kappa shape index (κ2) is 6.35. The van der Waals surface area contributed by atoms with Crippen molar-refractivity contribution in [3.63, 3.8) is 0 Å². The van der Waals surface area contributed by atoms with Gasteiger partial charge in [0.1, 0.15) is 5.15 Å². The smallest absolute Gasteiger partial charge is 0.251 e. The molecule has 5 heteroatoms. The van der Waals surface area contributed by atoms with Gasteiger partial charge in [-0.25, -0.2) is 4.98 Å². The molecule has 1 N–H and O–H groups in total. The van der Waals surface area contributed by atoms with Crippen molar-refractivity contribution in [1.82, 2.24) is 10.3 Å². The molecule has 0 radical (unpaired) electrons. The fourth-order valence-electron chi connectivity index (χ4n) is 2.58. The van der Waals surface area contributed by atoms with Crippen LogP contribution in [0.1, 0.15) is 43.0 Å². The van der Waals surface area contributed by atoms with Crippen LogP contribution in [0.4, 0.5) is 0 Å². The number of carbonyl (C=O) groups excluding carboxylic acids is 1. The van der Waals surface area contributed by atoms with Gasteiger partial charge in [0.2, 0.25) is 0 Å². The van der Waals surface area contributed by atoms with Crippen LogP contribution in [0.25, 0.3) is 0 Å². The summed E-state index contributed by atoms with van der Waals surface area (Å²) >= 11 is 5.78. The maximum Gasteiger partial charge on any atom is 0.251 e. The van der Waals surface area contributed by atoms with E-state index in [9.17, 15) is 4.79 Å². The molecule has 0 aliphatic heterocycles. The number of nitrogens with one attached hydrogen (secondary N) is 1. The van der Waals surface area contributed by atoms with E-state index in [1.165, 1.54) is 6.20 Å². The number of carbonyl (C=O) groups is 1. The van der Waals surface area contributed by atoms with E-state index in [0.717, 1.165) is 25.7 Å². The zero-order valence-electron chi connectivity index (χ0n) is 11.1. The average Bonchev–Trinajstić information content (AvgIpc) is 2.85. The summed E-state index contributed by atoms with van der Waals surface area (Å²) in [5, 5.41) is 3.27. The highest BCUT2D eigenvalue weighted by Gasteiger charge is 2.34. The lowest BCUT2D eigenvalue weighted by atomic mass is 10.0. The van der Waals surface area contributed by atoms with Crippen molar-refractivity contribution in [2.45, 2.75) is 38.2 Å². The van der Waals surface area contributed by atoms with Crippen LogP contribution >= 0.6 is 11.6 Å². The van der Waals surface area contributed by atoms with Gasteiger partial charge in [-0.3, -0.25) is 4.79 Å². The molecule has 0 aromatic carbocycles. The Morgan fingerprint density at radius 1 is 1.53 bits per heavy atom. The highest BCUT2D eigenvalue weighted by Crippen LogP contribution is 2.32. The van der Waals surface area contributed by atoms with Crippen LogP contribution in [0.5, 0.6) is 0 Å². The number of halogens is 1. The zero-order chi connectivity index (χ0) is 13.7. The van der Waals surface area contributed by atoms with E-state index in [1.54, 1.807) is 12.1 Å². The standard InChI is InChI=1S/C14H19ClN2O2/c1-2-19-14(6-3-4-7-14)10-17-13(18)11-5-8-16-12(15)9-11/h5,8-9H,2-4,6-7,10H2,1H3,(H,17,18). The van der Waals surface area contributed by atoms with E-state index in [2.05, 4.69) is 10.3 Å². The SMILES string of the molecule is CCOC1(CNC(=O)c2ccnc(Cl)c2)CCCC1. The summed E-state index contributed by atoms with van der Waals surface area (Å²) in [7, 11) is 0. The van der Waals surface area contributed by atoms with Crippen LogP contribution in [0.2, 0.25) is 5.15 Å². The molecule has 1 aromatic heterocycles. The lowest BCUT2D eigenvalue weighted by Gasteiger charge is -2.29. The van der Waals surface area contributed by atoms with Gasteiger partial charge in [-0.2, -0.15) is 0 Å². The molecule has 1 aliphatic carbocycles. The minimum atomic E-state index is -0.179. The molecule has 1 fully saturated rings. The summed E-state index contributed by atoms with van der Waals surface area (Å²) in [6, 6.07) is 3.22. The zero-order valence-corrected chi connectivity index (χ0v) is 11.9. The van der Waals surface area contributed by atoms with Gasteiger partial charge in [0, 0.05) is 24.9 Å². The number of hydrogen-bond donors (Lipinski definition) is 1. The van der Waals surface area contributed by atoms with Crippen molar-refractivity contribution in [2.24, 2.45) is 0 Å². The van der Waals surface area contributed by atoms with E-state index >= 15 is 0 Å². The first-order chi connectivity index (χ1) is 9.15. The number of pyridine rings is 1. The fourth-order valence-corrected chi connectivity index (χ4v) is 2.76. The van der Waals surface area contributed by atoms with Crippen LogP contribution in [0.15, 0.2) is 18.3 Å². The van der Waals surface area contributed by atoms with Crippen molar-refractivity contribution in [1.29, 1.82) is 0 Å². The average molecular weight is 283 g/mol. The summed E-state index contributed by atoms with van der Waals surface area (Å²) < 4.78 is 5.85. The van der Waals surface area contributed by atoms with Crippen molar-refractivity contribution >= 4 is 17.5 Å². The molecule has 0 atom stereocenters. The molecular weight excluding hydrogens is 264 g/mol. The Balaban J connectivity index is 1.95. The Kier molecular flexibility index (Phi) is 4.77. The van der Waals surface area contributed by atoms with Crippen LogP contribution in [-0.2, 0) is 4.74 Å². The second-order valence-electron chi connectivity index (χ2n) is 4.87.